The number of esters is 1. The molecule has 0 aromatic carbocycles. The highest BCUT2D eigenvalue weighted by atomic mass is 16.6. The summed E-state index contributed by atoms with van der Waals surface area (Å²) in [5, 5.41) is 0. The van der Waals surface area contributed by atoms with Crippen molar-refractivity contribution in [2.45, 2.75) is 39.2 Å². The molecule has 0 bridgehead atoms. The lowest BCUT2D eigenvalue weighted by atomic mass is 10.1. The maximum absolute atomic E-state index is 11.6. The highest BCUT2D eigenvalue weighted by molar-refractivity contribution is 5.82. The summed E-state index contributed by atoms with van der Waals surface area (Å²) >= 11 is 0. The Kier molecular flexibility index (Phi) is 2.37. The summed E-state index contributed by atoms with van der Waals surface area (Å²) in [6.45, 7) is 5.60. The van der Waals surface area contributed by atoms with E-state index in [1.54, 1.807) is 6.08 Å². The van der Waals surface area contributed by atoms with Crippen LogP contribution in [-0.4, -0.2) is 11.6 Å². The molecule has 3 nitrogen and oxygen atoms in total. The minimum Gasteiger partial charge on any atom is -0.459 e. The highest BCUT2D eigenvalue weighted by Gasteiger charge is 2.50. The van der Waals surface area contributed by atoms with Crippen LogP contribution in [0, 0.1) is 5.41 Å². The molecule has 1 saturated carbocycles. The van der Waals surface area contributed by atoms with Crippen molar-refractivity contribution in [3.8, 4) is 0 Å². The number of hydrogen-bond donors (Lipinski definition) is 1. The lowest BCUT2D eigenvalue weighted by Gasteiger charge is -2.22. The number of ether oxygens (including phenoxy) is 1. The normalized spacial score (nSPS) is 20.2. The number of carbonyl (C=O) groups is 1. The lowest BCUT2D eigenvalue weighted by Crippen LogP contribution is -2.28. The number of nitrogens with two attached hydrogens (primary N) is 1. The summed E-state index contributed by atoms with van der Waals surface area (Å²) < 4.78 is 5.27. The predicted octanol–water partition coefficient (Wildman–Crippen LogP) is 1.58. The zero-order valence-electron chi connectivity index (χ0n) is 8.46. The van der Waals surface area contributed by atoms with Gasteiger partial charge in [0.15, 0.2) is 0 Å². The van der Waals surface area contributed by atoms with E-state index in [4.69, 9.17) is 10.5 Å². The van der Waals surface area contributed by atoms with Crippen LogP contribution in [0.25, 0.3) is 0 Å². The van der Waals surface area contributed by atoms with Gasteiger partial charge in [-0.05, 0) is 39.8 Å². The second kappa shape index (κ2) is 3.05. The summed E-state index contributed by atoms with van der Waals surface area (Å²) in [6.07, 6.45) is 4.88. The van der Waals surface area contributed by atoms with Gasteiger partial charge in [-0.3, -0.25) is 4.79 Å². The quantitative estimate of drug-likeness (QED) is 0.661. The first-order valence-electron chi connectivity index (χ1n) is 4.52. The van der Waals surface area contributed by atoms with Crippen LogP contribution in [0.3, 0.4) is 0 Å². The van der Waals surface area contributed by atoms with Crippen LogP contribution in [0.5, 0.6) is 0 Å². The molecular weight excluding hydrogens is 166 g/mol. The highest BCUT2D eigenvalue weighted by Crippen LogP contribution is 2.48. The molecule has 1 fully saturated rings. The van der Waals surface area contributed by atoms with Crippen molar-refractivity contribution in [2.24, 2.45) is 11.1 Å². The Balaban J connectivity index is 2.58. The molecular formula is C10H17NO2. The molecule has 1 aliphatic rings. The van der Waals surface area contributed by atoms with Crippen LogP contribution in [0.15, 0.2) is 12.3 Å². The summed E-state index contributed by atoms with van der Waals surface area (Å²) in [5.74, 6) is -0.151. The molecule has 0 aromatic rings. The first-order chi connectivity index (χ1) is 5.90. The van der Waals surface area contributed by atoms with Gasteiger partial charge in [0.1, 0.15) is 5.60 Å². The molecule has 0 unspecified atom stereocenters. The van der Waals surface area contributed by atoms with Crippen molar-refractivity contribution in [1.82, 2.24) is 0 Å². The third-order valence-corrected chi connectivity index (χ3v) is 2.01. The Morgan fingerprint density at radius 2 is 2.00 bits per heavy atom. The van der Waals surface area contributed by atoms with Crippen LogP contribution in [0.4, 0.5) is 0 Å². The number of rotatable bonds is 2. The van der Waals surface area contributed by atoms with Gasteiger partial charge in [0.25, 0.3) is 0 Å². The zero-order valence-corrected chi connectivity index (χ0v) is 8.46. The molecule has 2 N–H and O–H groups in total. The molecule has 0 aromatic heterocycles. The summed E-state index contributed by atoms with van der Waals surface area (Å²) in [5.41, 5.74) is 4.46. The molecule has 74 valence electrons. The van der Waals surface area contributed by atoms with E-state index >= 15 is 0 Å². The molecule has 0 amide bonds. The monoisotopic (exact) mass is 183 g/mol. The van der Waals surface area contributed by atoms with Gasteiger partial charge in [-0.15, -0.1) is 0 Å². The molecule has 0 spiro atoms. The Labute approximate surface area is 78.9 Å². The fourth-order valence-electron chi connectivity index (χ4n) is 1.14. The van der Waals surface area contributed by atoms with Gasteiger partial charge in [0.05, 0.1) is 5.41 Å². The van der Waals surface area contributed by atoms with Crippen molar-refractivity contribution in [3.05, 3.63) is 12.3 Å². The van der Waals surface area contributed by atoms with Gasteiger partial charge in [-0.2, -0.15) is 0 Å². The standard InChI is InChI=1S/C10H17NO2/c1-9(2,3)13-8(12)10(4-5-10)6-7-11/h6-7H,4-5,11H2,1-3H3. The van der Waals surface area contributed by atoms with Gasteiger partial charge in [-0.1, -0.05) is 6.08 Å². The van der Waals surface area contributed by atoms with Gasteiger partial charge in [0, 0.05) is 0 Å². The topological polar surface area (TPSA) is 52.3 Å². The molecule has 1 aliphatic carbocycles. The Morgan fingerprint density at radius 3 is 2.31 bits per heavy atom. The minimum absolute atomic E-state index is 0.151. The molecule has 13 heavy (non-hydrogen) atoms. The molecule has 0 heterocycles. The summed E-state index contributed by atoms with van der Waals surface area (Å²) in [4.78, 5) is 11.6. The third-order valence-electron chi connectivity index (χ3n) is 2.01. The van der Waals surface area contributed by atoms with E-state index in [2.05, 4.69) is 0 Å². The maximum Gasteiger partial charge on any atom is 0.316 e. The molecule has 3 heteroatoms. The van der Waals surface area contributed by atoms with E-state index < -0.39 is 11.0 Å². The van der Waals surface area contributed by atoms with Crippen molar-refractivity contribution in [1.29, 1.82) is 0 Å². The average Bonchev–Trinajstić information content (AvgIpc) is 2.66. The van der Waals surface area contributed by atoms with E-state index in [1.165, 1.54) is 6.20 Å². The predicted molar refractivity (Wildman–Crippen MR) is 50.8 cm³/mol. The second-order valence-corrected chi connectivity index (χ2v) is 4.52. The van der Waals surface area contributed by atoms with Crippen molar-refractivity contribution in [3.63, 3.8) is 0 Å². The van der Waals surface area contributed by atoms with Crippen LogP contribution < -0.4 is 5.73 Å². The van der Waals surface area contributed by atoms with Crippen molar-refractivity contribution in [2.75, 3.05) is 0 Å². The van der Waals surface area contributed by atoms with Crippen LogP contribution in [0.2, 0.25) is 0 Å². The molecule has 0 atom stereocenters. The van der Waals surface area contributed by atoms with Gasteiger partial charge in [0.2, 0.25) is 0 Å². The van der Waals surface area contributed by atoms with Gasteiger partial charge >= 0.3 is 5.97 Å². The summed E-state index contributed by atoms with van der Waals surface area (Å²) in [7, 11) is 0. The first kappa shape index (κ1) is 10.1. The van der Waals surface area contributed by atoms with Crippen molar-refractivity contribution < 1.29 is 9.53 Å². The minimum atomic E-state index is -0.408. The Morgan fingerprint density at radius 1 is 1.46 bits per heavy atom. The maximum atomic E-state index is 11.6. The number of hydrogen-bond acceptors (Lipinski definition) is 3. The number of carbonyl (C=O) groups excluding carboxylic acids is 1. The fourth-order valence-corrected chi connectivity index (χ4v) is 1.14. The first-order valence-corrected chi connectivity index (χ1v) is 4.52. The van der Waals surface area contributed by atoms with E-state index in [-0.39, 0.29) is 5.97 Å². The Hall–Kier alpha value is -0.990. The van der Waals surface area contributed by atoms with E-state index in [0.717, 1.165) is 12.8 Å². The van der Waals surface area contributed by atoms with Crippen LogP contribution in [-0.2, 0) is 9.53 Å². The largest absolute Gasteiger partial charge is 0.459 e. The molecule has 0 saturated heterocycles. The molecule has 1 rings (SSSR count). The second-order valence-electron chi connectivity index (χ2n) is 4.52. The Bertz CT molecular complexity index is 234. The molecule has 0 radical (unpaired) electrons. The van der Waals surface area contributed by atoms with Crippen LogP contribution in [0.1, 0.15) is 33.6 Å². The SMILES string of the molecule is CC(C)(C)OC(=O)C1(C=CN)CC1. The van der Waals surface area contributed by atoms with E-state index in [1.807, 2.05) is 20.8 Å². The smallest absolute Gasteiger partial charge is 0.316 e. The summed E-state index contributed by atoms with van der Waals surface area (Å²) in [6, 6.07) is 0. The zero-order chi connectivity index (χ0) is 10.1. The van der Waals surface area contributed by atoms with Crippen molar-refractivity contribution >= 4 is 5.97 Å². The third kappa shape index (κ3) is 2.47. The molecule has 0 aliphatic heterocycles. The lowest BCUT2D eigenvalue weighted by molar-refractivity contribution is -0.159. The average molecular weight is 183 g/mol. The van der Waals surface area contributed by atoms with Gasteiger partial charge in [-0.25, -0.2) is 0 Å². The van der Waals surface area contributed by atoms with Gasteiger partial charge < -0.3 is 10.5 Å². The fraction of sp³-hybridized carbons (Fsp3) is 0.700. The van der Waals surface area contributed by atoms with Crippen LogP contribution >= 0.6 is 0 Å². The van der Waals surface area contributed by atoms with E-state index in [9.17, 15) is 4.79 Å². The van der Waals surface area contributed by atoms with E-state index in [0.29, 0.717) is 0 Å².